The summed E-state index contributed by atoms with van der Waals surface area (Å²) in [6.07, 6.45) is 3.16. The van der Waals surface area contributed by atoms with Crippen molar-refractivity contribution in [2.24, 2.45) is 5.92 Å². The van der Waals surface area contributed by atoms with E-state index in [4.69, 9.17) is 0 Å². The minimum absolute atomic E-state index is 0.198. The SMILES string of the molecule is C=C[C@H]1CC[C@@H](O)[C@H](N(Cc2ccccc2)S(=O)(=O)c2ccc3ccccc3c2)C1. The standard InChI is InChI=1S/C25H27NO3S/c1-2-19-12-15-25(27)24(16-19)26(18-20-8-4-3-5-9-20)30(28,29)23-14-13-21-10-6-7-11-22(21)17-23/h2-11,13-14,17,19,24-25,27H,1,12,15-16,18H2/t19-,24+,25+/m0/s1. The molecule has 0 aromatic heterocycles. The number of benzene rings is 3. The molecule has 1 N–H and O–H groups in total. The zero-order valence-electron chi connectivity index (χ0n) is 16.9. The summed E-state index contributed by atoms with van der Waals surface area (Å²) in [5.74, 6) is 0.198. The molecule has 5 heteroatoms. The lowest BCUT2D eigenvalue weighted by Gasteiger charge is -2.39. The Morgan fingerprint density at radius 1 is 0.967 bits per heavy atom. The van der Waals surface area contributed by atoms with Crippen molar-refractivity contribution in [3.63, 3.8) is 0 Å². The third kappa shape index (κ3) is 4.19. The summed E-state index contributed by atoms with van der Waals surface area (Å²) in [5, 5.41) is 12.6. The molecule has 3 aromatic carbocycles. The third-order valence-electron chi connectivity index (χ3n) is 6.03. The van der Waals surface area contributed by atoms with Crippen molar-refractivity contribution in [2.75, 3.05) is 0 Å². The van der Waals surface area contributed by atoms with Gasteiger partial charge in [-0.25, -0.2) is 8.42 Å². The van der Waals surface area contributed by atoms with Crippen molar-refractivity contribution in [3.8, 4) is 0 Å². The predicted molar refractivity (Wildman–Crippen MR) is 120 cm³/mol. The number of rotatable bonds is 6. The second-order valence-corrected chi connectivity index (χ2v) is 9.88. The molecule has 3 aromatic rings. The van der Waals surface area contributed by atoms with Crippen LogP contribution < -0.4 is 0 Å². The Morgan fingerprint density at radius 3 is 2.40 bits per heavy atom. The van der Waals surface area contributed by atoms with Gasteiger partial charge in [-0.2, -0.15) is 4.31 Å². The summed E-state index contributed by atoms with van der Waals surface area (Å²) >= 11 is 0. The number of aliphatic hydroxyl groups excluding tert-OH is 1. The maximum absolute atomic E-state index is 13.8. The van der Waals surface area contributed by atoms with Crippen LogP contribution >= 0.6 is 0 Å². The zero-order chi connectivity index (χ0) is 21.1. The Bertz CT molecular complexity index is 1130. The maximum Gasteiger partial charge on any atom is 0.243 e. The number of hydrogen-bond acceptors (Lipinski definition) is 3. The molecule has 0 amide bonds. The van der Waals surface area contributed by atoms with E-state index < -0.39 is 22.2 Å². The molecule has 0 spiro atoms. The number of aliphatic hydroxyl groups is 1. The molecular formula is C25H27NO3S. The van der Waals surface area contributed by atoms with Crippen molar-refractivity contribution in [1.29, 1.82) is 0 Å². The van der Waals surface area contributed by atoms with E-state index in [9.17, 15) is 13.5 Å². The molecule has 0 saturated heterocycles. The summed E-state index contributed by atoms with van der Waals surface area (Å²) in [6, 6.07) is 22.0. The van der Waals surface area contributed by atoms with E-state index in [1.165, 1.54) is 4.31 Å². The van der Waals surface area contributed by atoms with Gasteiger partial charge >= 0.3 is 0 Å². The molecule has 1 fully saturated rings. The monoisotopic (exact) mass is 421 g/mol. The van der Waals surface area contributed by atoms with Crippen LogP contribution in [-0.4, -0.2) is 30.0 Å². The van der Waals surface area contributed by atoms with Crippen LogP contribution in [0.25, 0.3) is 10.8 Å². The van der Waals surface area contributed by atoms with Crippen molar-refractivity contribution in [2.45, 2.75) is 42.8 Å². The van der Waals surface area contributed by atoms with Crippen LogP contribution in [0.2, 0.25) is 0 Å². The lowest BCUT2D eigenvalue weighted by molar-refractivity contribution is 0.0418. The fourth-order valence-electron chi connectivity index (χ4n) is 4.29. The number of sulfonamides is 1. The van der Waals surface area contributed by atoms with Crippen LogP contribution in [0.5, 0.6) is 0 Å². The molecule has 1 aliphatic rings. The van der Waals surface area contributed by atoms with Crippen LogP contribution in [0.4, 0.5) is 0 Å². The topological polar surface area (TPSA) is 57.6 Å². The number of nitrogens with zero attached hydrogens (tertiary/aromatic N) is 1. The molecule has 156 valence electrons. The van der Waals surface area contributed by atoms with Crippen molar-refractivity contribution in [3.05, 3.63) is 91.0 Å². The van der Waals surface area contributed by atoms with Crippen LogP contribution in [0.15, 0.2) is 90.3 Å². The predicted octanol–water partition coefficient (Wildman–Crippen LogP) is 4.75. The highest BCUT2D eigenvalue weighted by Gasteiger charge is 2.39. The Kier molecular flexibility index (Phi) is 6.04. The summed E-state index contributed by atoms with van der Waals surface area (Å²) in [7, 11) is -3.82. The van der Waals surface area contributed by atoms with Gasteiger partial charge in [-0.3, -0.25) is 0 Å². The van der Waals surface area contributed by atoms with Crippen LogP contribution in [0.1, 0.15) is 24.8 Å². The van der Waals surface area contributed by atoms with Gasteiger partial charge in [0.05, 0.1) is 17.0 Å². The van der Waals surface area contributed by atoms with E-state index in [1.54, 1.807) is 12.1 Å². The molecule has 0 radical (unpaired) electrons. The molecule has 4 rings (SSSR count). The second kappa shape index (κ2) is 8.72. The Morgan fingerprint density at radius 2 is 1.67 bits per heavy atom. The van der Waals surface area contributed by atoms with E-state index in [1.807, 2.05) is 66.7 Å². The fourth-order valence-corrected chi connectivity index (χ4v) is 5.98. The lowest BCUT2D eigenvalue weighted by Crippen LogP contribution is -2.49. The largest absolute Gasteiger partial charge is 0.391 e. The summed E-state index contributed by atoms with van der Waals surface area (Å²) in [6.45, 7) is 4.12. The summed E-state index contributed by atoms with van der Waals surface area (Å²) in [4.78, 5) is 0.255. The molecule has 0 aliphatic heterocycles. The van der Waals surface area contributed by atoms with Gasteiger partial charge in [-0.05, 0) is 53.6 Å². The van der Waals surface area contributed by atoms with Gasteiger partial charge in [-0.1, -0.05) is 66.7 Å². The smallest absolute Gasteiger partial charge is 0.243 e. The highest BCUT2D eigenvalue weighted by Crippen LogP contribution is 2.34. The third-order valence-corrected chi connectivity index (χ3v) is 7.90. The molecule has 30 heavy (non-hydrogen) atoms. The maximum atomic E-state index is 13.8. The van der Waals surface area contributed by atoms with Gasteiger partial charge in [0.25, 0.3) is 0 Å². The van der Waals surface area contributed by atoms with Crippen LogP contribution in [0, 0.1) is 5.92 Å². The van der Waals surface area contributed by atoms with Gasteiger partial charge in [0.15, 0.2) is 0 Å². The number of fused-ring (bicyclic) bond motifs is 1. The molecule has 1 saturated carbocycles. The van der Waals surface area contributed by atoms with E-state index in [2.05, 4.69) is 6.58 Å². The molecular weight excluding hydrogens is 394 g/mol. The fraction of sp³-hybridized carbons (Fsp3) is 0.280. The van der Waals surface area contributed by atoms with E-state index in [0.717, 1.165) is 22.8 Å². The van der Waals surface area contributed by atoms with Crippen molar-refractivity contribution < 1.29 is 13.5 Å². The Labute approximate surface area is 178 Å². The van der Waals surface area contributed by atoms with Crippen molar-refractivity contribution in [1.82, 2.24) is 4.31 Å². The van der Waals surface area contributed by atoms with Gasteiger partial charge in [-0.15, -0.1) is 6.58 Å². The lowest BCUT2D eigenvalue weighted by atomic mass is 9.84. The van der Waals surface area contributed by atoms with E-state index in [0.29, 0.717) is 12.8 Å². The average Bonchev–Trinajstić information content (AvgIpc) is 2.78. The second-order valence-electron chi connectivity index (χ2n) is 7.99. The Hall–Kier alpha value is -2.47. The number of hydrogen-bond donors (Lipinski definition) is 1. The van der Waals surface area contributed by atoms with Gasteiger partial charge < -0.3 is 5.11 Å². The van der Waals surface area contributed by atoms with Gasteiger partial charge in [0.2, 0.25) is 10.0 Å². The van der Waals surface area contributed by atoms with Gasteiger partial charge in [0.1, 0.15) is 0 Å². The first-order valence-corrected chi connectivity index (χ1v) is 11.8. The van der Waals surface area contributed by atoms with Crippen LogP contribution in [-0.2, 0) is 16.6 Å². The Balaban J connectivity index is 1.77. The van der Waals surface area contributed by atoms with Crippen molar-refractivity contribution >= 4 is 20.8 Å². The van der Waals surface area contributed by atoms with E-state index >= 15 is 0 Å². The number of allylic oxidation sites excluding steroid dienone is 1. The first-order chi connectivity index (χ1) is 14.5. The first-order valence-electron chi connectivity index (χ1n) is 10.3. The molecule has 4 nitrogen and oxygen atoms in total. The minimum Gasteiger partial charge on any atom is -0.391 e. The molecule has 1 aliphatic carbocycles. The van der Waals surface area contributed by atoms with Gasteiger partial charge in [0, 0.05) is 6.54 Å². The molecule has 0 bridgehead atoms. The first kappa shape index (κ1) is 20.8. The summed E-state index contributed by atoms with van der Waals surface area (Å²) < 4.78 is 29.1. The summed E-state index contributed by atoms with van der Waals surface area (Å²) in [5.41, 5.74) is 0.898. The quantitative estimate of drug-likeness (QED) is 0.585. The zero-order valence-corrected chi connectivity index (χ0v) is 17.7. The molecule has 3 atom stereocenters. The normalized spacial score (nSPS) is 22.3. The minimum atomic E-state index is -3.82. The highest BCUT2D eigenvalue weighted by atomic mass is 32.2. The van der Waals surface area contributed by atoms with E-state index in [-0.39, 0.29) is 17.4 Å². The van der Waals surface area contributed by atoms with Crippen LogP contribution in [0.3, 0.4) is 0 Å². The molecule has 0 heterocycles. The average molecular weight is 422 g/mol. The highest BCUT2D eigenvalue weighted by molar-refractivity contribution is 7.89. The molecule has 0 unspecified atom stereocenters.